The van der Waals surface area contributed by atoms with Crippen molar-refractivity contribution in [2.75, 3.05) is 57.5 Å². The van der Waals surface area contributed by atoms with Crippen LogP contribution in [-0.4, -0.2) is 63.5 Å². The van der Waals surface area contributed by atoms with E-state index in [2.05, 4.69) is 26.0 Å². The summed E-state index contributed by atoms with van der Waals surface area (Å²) < 4.78 is 17.4. The number of hydrogen-bond acceptors (Lipinski definition) is 6. The molecule has 28 heavy (non-hydrogen) atoms. The molecular formula is C20H26N3O4S+. The van der Waals surface area contributed by atoms with Gasteiger partial charge in [0.15, 0.2) is 5.13 Å². The van der Waals surface area contributed by atoms with E-state index in [1.54, 1.807) is 16.2 Å². The van der Waals surface area contributed by atoms with Crippen LogP contribution in [-0.2, 0) is 19.0 Å². The van der Waals surface area contributed by atoms with Gasteiger partial charge >= 0.3 is 0 Å². The zero-order chi connectivity index (χ0) is 19.5. The van der Waals surface area contributed by atoms with Crippen molar-refractivity contribution in [1.29, 1.82) is 0 Å². The topological polar surface area (TPSA) is 65.3 Å². The highest BCUT2D eigenvalue weighted by Crippen LogP contribution is 2.32. The van der Waals surface area contributed by atoms with Gasteiger partial charge in [-0.05, 0) is 31.0 Å². The lowest BCUT2D eigenvalue weighted by Crippen LogP contribution is -3.14. The van der Waals surface area contributed by atoms with Gasteiger partial charge in [0.2, 0.25) is 5.76 Å². The molecule has 0 saturated carbocycles. The lowest BCUT2D eigenvalue weighted by molar-refractivity contribution is -0.906. The Kier molecular flexibility index (Phi) is 5.79. The van der Waals surface area contributed by atoms with Crippen LogP contribution in [0.2, 0.25) is 0 Å². The van der Waals surface area contributed by atoms with Crippen molar-refractivity contribution in [2.45, 2.75) is 13.8 Å². The Morgan fingerprint density at radius 1 is 1.21 bits per heavy atom. The third-order valence-electron chi connectivity index (χ3n) is 5.04. The van der Waals surface area contributed by atoms with Gasteiger partial charge in [0, 0.05) is 0 Å². The molecule has 0 unspecified atom stereocenters. The summed E-state index contributed by atoms with van der Waals surface area (Å²) in [7, 11) is 0. The second-order valence-electron chi connectivity index (χ2n) is 7.20. The Labute approximate surface area is 168 Å². The average molecular weight is 405 g/mol. The first-order valence-electron chi connectivity index (χ1n) is 9.67. The number of quaternary nitrogens is 1. The summed E-state index contributed by atoms with van der Waals surface area (Å²) in [5.41, 5.74) is 3.28. The largest absolute Gasteiger partial charge is 0.494 e. The van der Waals surface area contributed by atoms with E-state index >= 15 is 0 Å². The number of anilines is 1. The summed E-state index contributed by atoms with van der Waals surface area (Å²) in [6.45, 7) is 9.87. The normalized spacial score (nSPS) is 17.7. The van der Waals surface area contributed by atoms with Crippen molar-refractivity contribution < 1.29 is 23.9 Å². The number of benzene rings is 1. The molecule has 3 heterocycles. The number of carbonyl (C=O) groups excluding carboxylic acids is 1. The summed E-state index contributed by atoms with van der Waals surface area (Å²) in [6, 6.07) is 4.25. The lowest BCUT2D eigenvalue weighted by atomic mass is 10.1. The van der Waals surface area contributed by atoms with Gasteiger partial charge in [0.25, 0.3) is 5.91 Å². The zero-order valence-corrected chi connectivity index (χ0v) is 17.1. The maximum atomic E-state index is 13.2. The number of carbonyl (C=O) groups is 1. The fraction of sp³-hybridized carbons (Fsp3) is 0.500. The van der Waals surface area contributed by atoms with E-state index in [0.717, 1.165) is 48.6 Å². The van der Waals surface area contributed by atoms with Crippen LogP contribution in [0, 0.1) is 13.8 Å². The van der Waals surface area contributed by atoms with Crippen molar-refractivity contribution in [2.24, 2.45) is 0 Å². The van der Waals surface area contributed by atoms with Crippen LogP contribution in [0.4, 0.5) is 5.13 Å². The molecule has 8 heteroatoms. The Hall–Kier alpha value is -2.16. The molecule has 0 bridgehead atoms. The Balaban J connectivity index is 1.62. The Morgan fingerprint density at radius 3 is 2.79 bits per heavy atom. The fourth-order valence-electron chi connectivity index (χ4n) is 3.55. The van der Waals surface area contributed by atoms with E-state index in [-0.39, 0.29) is 11.7 Å². The third-order valence-corrected chi connectivity index (χ3v) is 6.07. The van der Waals surface area contributed by atoms with Crippen LogP contribution < -0.4 is 9.80 Å². The van der Waals surface area contributed by atoms with Gasteiger partial charge in [0.1, 0.15) is 32.6 Å². The maximum Gasteiger partial charge on any atom is 0.298 e. The monoisotopic (exact) mass is 404 g/mol. The molecule has 1 fully saturated rings. The lowest BCUT2D eigenvalue weighted by Gasteiger charge is -2.27. The molecule has 4 rings (SSSR count). The molecule has 0 radical (unpaired) electrons. The zero-order valence-electron chi connectivity index (χ0n) is 16.3. The molecule has 0 aliphatic carbocycles. The van der Waals surface area contributed by atoms with E-state index in [0.29, 0.717) is 24.9 Å². The van der Waals surface area contributed by atoms with E-state index in [1.807, 2.05) is 0 Å². The summed E-state index contributed by atoms with van der Waals surface area (Å²) >= 11 is 1.55. The summed E-state index contributed by atoms with van der Waals surface area (Å²) in [5, 5.41) is 0.705. The van der Waals surface area contributed by atoms with E-state index < -0.39 is 0 Å². The molecule has 0 atom stereocenters. The number of nitrogens with zero attached hydrogens (tertiary/aromatic N) is 2. The predicted molar refractivity (Wildman–Crippen MR) is 108 cm³/mol. The summed E-state index contributed by atoms with van der Waals surface area (Å²) in [5.74, 6) is 0.0520. The standard InChI is InChI=1S/C20H25N3O4S/c1-14-11-15(2)18-17(12-14)28-20(21-18)23(4-3-22-5-7-25-8-6-22)19(24)16-13-26-9-10-27-16/h11-13H,3-10H2,1-2H3/p+1. The first kappa shape index (κ1) is 19.2. The van der Waals surface area contributed by atoms with Crippen molar-refractivity contribution in [3.05, 3.63) is 35.3 Å². The van der Waals surface area contributed by atoms with Gasteiger partial charge in [-0.15, -0.1) is 0 Å². The van der Waals surface area contributed by atoms with Crippen LogP contribution in [0.1, 0.15) is 11.1 Å². The predicted octanol–water partition coefficient (Wildman–Crippen LogP) is 1.05. The SMILES string of the molecule is Cc1cc(C)c2nc(N(CC[NH+]3CCOCC3)C(=O)C3=COCCO3)sc2c1. The minimum absolute atomic E-state index is 0.194. The number of aryl methyl sites for hydroxylation is 2. The highest BCUT2D eigenvalue weighted by molar-refractivity contribution is 7.22. The molecule has 7 nitrogen and oxygen atoms in total. The number of thiazole rings is 1. The fourth-order valence-corrected chi connectivity index (χ4v) is 4.72. The Morgan fingerprint density at radius 2 is 2.04 bits per heavy atom. The molecule has 1 aromatic carbocycles. The molecular weight excluding hydrogens is 378 g/mol. The first-order chi connectivity index (χ1) is 13.6. The third kappa shape index (κ3) is 4.14. The van der Waals surface area contributed by atoms with Gasteiger partial charge in [-0.25, -0.2) is 4.98 Å². The van der Waals surface area contributed by atoms with Crippen molar-refractivity contribution >= 4 is 32.6 Å². The highest BCUT2D eigenvalue weighted by Gasteiger charge is 2.28. The summed E-state index contributed by atoms with van der Waals surface area (Å²) in [6.07, 6.45) is 1.42. The first-order valence-corrected chi connectivity index (χ1v) is 10.5. The quantitative estimate of drug-likeness (QED) is 0.807. The number of fused-ring (bicyclic) bond motifs is 1. The molecule has 150 valence electrons. The highest BCUT2D eigenvalue weighted by atomic mass is 32.1. The van der Waals surface area contributed by atoms with Gasteiger partial charge in [-0.3, -0.25) is 9.69 Å². The van der Waals surface area contributed by atoms with Gasteiger partial charge in [-0.1, -0.05) is 17.4 Å². The minimum atomic E-state index is -0.194. The molecule has 1 N–H and O–H groups in total. The van der Waals surface area contributed by atoms with Gasteiger partial charge in [0.05, 0.1) is 36.5 Å². The molecule has 2 aromatic rings. The van der Waals surface area contributed by atoms with Crippen LogP contribution in [0.15, 0.2) is 24.2 Å². The molecule has 0 spiro atoms. The summed E-state index contributed by atoms with van der Waals surface area (Å²) in [4.78, 5) is 21.2. The smallest absolute Gasteiger partial charge is 0.298 e. The van der Waals surface area contributed by atoms with Crippen molar-refractivity contribution in [1.82, 2.24) is 4.98 Å². The molecule has 1 saturated heterocycles. The maximum absolute atomic E-state index is 13.2. The van der Waals surface area contributed by atoms with E-state index in [4.69, 9.17) is 19.2 Å². The van der Waals surface area contributed by atoms with Crippen LogP contribution in [0.5, 0.6) is 0 Å². The number of morpholine rings is 1. The van der Waals surface area contributed by atoms with E-state index in [1.165, 1.54) is 16.7 Å². The average Bonchev–Trinajstić information content (AvgIpc) is 3.13. The molecule has 1 amide bonds. The molecule has 2 aliphatic rings. The van der Waals surface area contributed by atoms with E-state index in [9.17, 15) is 4.79 Å². The Bertz CT molecular complexity index is 889. The second-order valence-corrected chi connectivity index (χ2v) is 8.20. The van der Waals surface area contributed by atoms with Crippen molar-refractivity contribution in [3.8, 4) is 0 Å². The van der Waals surface area contributed by atoms with Crippen LogP contribution in [0.25, 0.3) is 10.2 Å². The molecule has 2 aliphatic heterocycles. The van der Waals surface area contributed by atoms with Gasteiger partial charge < -0.3 is 19.1 Å². The van der Waals surface area contributed by atoms with Crippen LogP contribution in [0.3, 0.4) is 0 Å². The van der Waals surface area contributed by atoms with Crippen LogP contribution >= 0.6 is 11.3 Å². The van der Waals surface area contributed by atoms with Crippen molar-refractivity contribution in [3.63, 3.8) is 0 Å². The number of hydrogen-bond donors (Lipinski definition) is 1. The second kappa shape index (κ2) is 8.46. The number of rotatable bonds is 5. The minimum Gasteiger partial charge on any atom is -0.494 e. The number of ether oxygens (including phenoxy) is 3. The van der Waals surface area contributed by atoms with Gasteiger partial charge in [-0.2, -0.15) is 0 Å². The molecule has 1 aromatic heterocycles. The number of amides is 1. The number of aromatic nitrogens is 1. The number of nitrogens with one attached hydrogen (secondary N) is 1.